The molecular weight excluding hydrogens is 276 g/mol. The van der Waals surface area contributed by atoms with E-state index in [1.807, 2.05) is 0 Å². The first-order chi connectivity index (χ1) is 9.57. The van der Waals surface area contributed by atoms with E-state index in [-0.39, 0.29) is 18.3 Å². The summed E-state index contributed by atoms with van der Waals surface area (Å²) in [6, 6.07) is 0. The number of unbranched alkanes of at least 4 members (excludes halogenated alkanes) is 5. The first kappa shape index (κ1) is 22.1. The highest BCUT2D eigenvalue weighted by molar-refractivity contribution is 5.66. The maximum absolute atomic E-state index is 10.1. The standard InChI is InChI=1S/C10H18O4.C5H12O2/c11-9(12)7-5-3-1-2-4-6-8-10(13)14;1-5(2,3)4(6)7/h1-8H2,(H,11,12)(H,13,14);4,6-7H,1-3H3. The van der Waals surface area contributed by atoms with Gasteiger partial charge in [0.2, 0.25) is 0 Å². The van der Waals surface area contributed by atoms with Crippen molar-refractivity contribution in [3.63, 3.8) is 0 Å². The van der Waals surface area contributed by atoms with Crippen molar-refractivity contribution in [1.82, 2.24) is 0 Å². The Labute approximate surface area is 126 Å². The molecule has 0 aliphatic carbocycles. The van der Waals surface area contributed by atoms with Gasteiger partial charge in [-0.3, -0.25) is 9.59 Å². The van der Waals surface area contributed by atoms with Crippen LogP contribution in [-0.2, 0) is 9.59 Å². The van der Waals surface area contributed by atoms with Gasteiger partial charge in [0.1, 0.15) is 0 Å². The third kappa shape index (κ3) is 21.3. The van der Waals surface area contributed by atoms with Gasteiger partial charge in [0.05, 0.1) is 0 Å². The molecule has 0 saturated carbocycles. The Balaban J connectivity index is 0. The van der Waals surface area contributed by atoms with E-state index in [9.17, 15) is 9.59 Å². The maximum Gasteiger partial charge on any atom is 0.303 e. The molecule has 0 bridgehead atoms. The lowest BCUT2D eigenvalue weighted by molar-refractivity contribution is -0.138. The second kappa shape index (κ2) is 12.6. The van der Waals surface area contributed by atoms with E-state index in [2.05, 4.69) is 0 Å². The van der Waals surface area contributed by atoms with Crippen LogP contribution in [0.5, 0.6) is 0 Å². The number of carboxylic acids is 2. The number of hydrogen-bond acceptors (Lipinski definition) is 4. The zero-order chi connectivity index (χ0) is 16.9. The van der Waals surface area contributed by atoms with Crippen molar-refractivity contribution in [2.75, 3.05) is 0 Å². The quantitative estimate of drug-likeness (QED) is 0.384. The van der Waals surface area contributed by atoms with E-state index in [4.69, 9.17) is 20.4 Å². The summed E-state index contributed by atoms with van der Waals surface area (Å²) in [5, 5.41) is 33.6. The summed E-state index contributed by atoms with van der Waals surface area (Å²) in [6.07, 6.45) is 4.62. The zero-order valence-corrected chi connectivity index (χ0v) is 13.3. The average molecular weight is 306 g/mol. The Morgan fingerprint density at radius 2 is 1.00 bits per heavy atom. The largest absolute Gasteiger partial charge is 0.481 e. The lowest BCUT2D eigenvalue weighted by Gasteiger charge is -2.19. The van der Waals surface area contributed by atoms with Crippen molar-refractivity contribution in [1.29, 1.82) is 0 Å². The van der Waals surface area contributed by atoms with Crippen LogP contribution in [0.2, 0.25) is 0 Å². The Hall–Kier alpha value is -1.14. The predicted octanol–water partition coefficient (Wildman–Crippen LogP) is 2.62. The molecule has 0 radical (unpaired) electrons. The molecule has 0 spiro atoms. The van der Waals surface area contributed by atoms with Crippen molar-refractivity contribution < 1.29 is 30.0 Å². The minimum atomic E-state index is -1.20. The van der Waals surface area contributed by atoms with Gasteiger partial charge in [0, 0.05) is 18.3 Å². The Morgan fingerprint density at radius 1 is 0.762 bits per heavy atom. The molecule has 6 heteroatoms. The normalized spacial score (nSPS) is 11.0. The van der Waals surface area contributed by atoms with E-state index in [0.29, 0.717) is 0 Å². The smallest absolute Gasteiger partial charge is 0.303 e. The van der Waals surface area contributed by atoms with Crippen molar-refractivity contribution in [3.8, 4) is 0 Å². The minimum Gasteiger partial charge on any atom is -0.481 e. The first-order valence-corrected chi connectivity index (χ1v) is 7.37. The third-order valence-corrected chi connectivity index (χ3v) is 2.81. The van der Waals surface area contributed by atoms with E-state index >= 15 is 0 Å². The van der Waals surface area contributed by atoms with Gasteiger partial charge in [-0.05, 0) is 12.8 Å². The molecule has 0 unspecified atom stereocenters. The monoisotopic (exact) mass is 306 g/mol. The fraction of sp³-hybridized carbons (Fsp3) is 0.867. The Bertz CT molecular complexity index is 260. The lowest BCUT2D eigenvalue weighted by atomic mass is 9.96. The van der Waals surface area contributed by atoms with Crippen molar-refractivity contribution in [2.24, 2.45) is 5.41 Å². The highest BCUT2D eigenvalue weighted by atomic mass is 16.5. The average Bonchev–Trinajstić information content (AvgIpc) is 2.31. The van der Waals surface area contributed by atoms with Crippen molar-refractivity contribution in [3.05, 3.63) is 0 Å². The van der Waals surface area contributed by atoms with Gasteiger partial charge in [0.25, 0.3) is 0 Å². The van der Waals surface area contributed by atoms with Crippen molar-refractivity contribution >= 4 is 11.9 Å². The number of hydrogen-bond donors (Lipinski definition) is 4. The molecule has 0 amide bonds. The van der Waals surface area contributed by atoms with E-state index in [1.54, 1.807) is 20.8 Å². The van der Waals surface area contributed by atoms with Gasteiger partial charge in [-0.25, -0.2) is 0 Å². The van der Waals surface area contributed by atoms with Gasteiger partial charge in [-0.15, -0.1) is 0 Å². The van der Waals surface area contributed by atoms with Crippen LogP contribution >= 0.6 is 0 Å². The zero-order valence-electron chi connectivity index (χ0n) is 13.3. The van der Waals surface area contributed by atoms with Crippen LogP contribution in [0.1, 0.15) is 72.1 Å². The minimum absolute atomic E-state index is 0.245. The summed E-state index contributed by atoms with van der Waals surface area (Å²) in [5.74, 6) is -1.48. The van der Waals surface area contributed by atoms with E-state index in [1.165, 1.54) is 0 Å². The highest BCUT2D eigenvalue weighted by Crippen LogP contribution is 2.15. The molecule has 0 aliphatic heterocycles. The van der Waals surface area contributed by atoms with Crippen LogP contribution in [0.3, 0.4) is 0 Å². The highest BCUT2D eigenvalue weighted by Gasteiger charge is 2.18. The van der Waals surface area contributed by atoms with Crippen molar-refractivity contribution in [2.45, 2.75) is 78.4 Å². The Kier molecular flexibility index (Phi) is 13.3. The van der Waals surface area contributed by atoms with Gasteiger partial charge in [-0.1, -0.05) is 46.5 Å². The molecule has 0 heterocycles. The second-order valence-corrected chi connectivity index (χ2v) is 6.15. The molecule has 0 aromatic carbocycles. The summed E-state index contributed by atoms with van der Waals surface area (Å²) in [7, 11) is 0. The van der Waals surface area contributed by atoms with Crippen LogP contribution in [0.25, 0.3) is 0 Å². The summed E-state index contributed by atoms with van der Waals surface area (Å²) >= 11 is 0. The maximum atomic E-state index is 10.1. The van der Waals surface area contributed by atoms with Gasteiger partial charge >= 0.3 is 11.9 Å². The Morgan fingerprint density at radius 3 is 1.19 bits per heavy atom. The van der Waals surface area contributed by atoms with Crippen LogP contribution < -0.4 is 0 Å². The molecular formula is C15H30O6. The fourth-order valence-corrected chi connectivity index (χ4v) is 1.26. The number of carboxylic acid groups (broad SMARTS) is 2. The molecule has 0 aromatic rings. The summed E-state index contributed by atoms with van der Waals surface area (Å²) < 4.78 is 0. The van der Waals surface area contributed by atoms with Gasteiger partial charge in [-0.2, -0.15) is 0 Å². The molecule has 0 saturated heterocycles. The first-order valence-electron chi connectivity index (χ1n) is 7.37. The van der Waals surface area contributed by atoms with Crippen LogP contribution in [-0.4, -0.2) is 38.7 Å². The molecule has 0 rings (SSSR count). The van der Waals surface area contributed by atoms with Crippen LogP contribution in [0.15, 0.2) is 0 Å². The summed E-state index contributed by atoms with van der Waals surface area (Å²) in [5.41, 5.74) is -0.389. The number of rotatable bonds is 9. The molecule has 21 heavy (non-hydrogen) atoms. The number of carbonyl (C=O) groups is 2. The van der Waals surface area contributed by atoms with Gasteiger partial charge < -0.3 is 20.4 Å². The molecule has 126 valence electrons. The molecule has 0 atom stereocenters. The van der Waals surface area contributed by atoms with Crippen LogP contribution in [0, 0.1) is 5.41 Å². The van der Waals surface area contributed by atoms with Gasteiger partial charge in [0.15, 0.2) is 6.29 Å². The summed E-state index contributed by atoms with van der Waals surface area (Å²) in [6.45, 7) is 5.28. The van der Waals surface area contributed by atoms with Crippen LogP contribution in [0.4, 0.5) is 0 Å². The predicted molar refractivity (Wildman–Crippen MR) is 79.9 cm³/mol. The fourth-order valence-electron chi connectivity index (χ4n) is 1.26. The molecule has 0 aliphatic rings. The molecule has 0 fully saturated rings. The number of aliphatic hydroxyl groups excluding tert-OH is 1. The molecule has 0 aromatic heterocycles. The number of aliphatic carboxylic acids is 2. The van der Waals surface area contributed by atoms with E-state index < -0.39 is 18.2 Å². The second-order valence-electron chi connectivity index (χ2n) is 6.15. The SMILES string of the molecule is CC(C)(C)C(O)O.O=C(O)CCCCCCCCC(=O)O. The third-order valence-electron chi connectivity index (χ3n) is 2.81. The molecule has 6 nitrogen and oxygen atoms in total. The summed E-state index contributed by atoms with van der Waals surface area (Å²) in [4.78, 5) is 20.3. The topological polar surface area (TPSA) is 115 Å². The molecule has 4 N–H and O–H groups in total. The number of aliphatic hydroxyl groups is 2. The van der Waals surface area contributed by atoms with E-state index in [0.717, 1.165) is 38.5 Å². The lowest BCUT2D eigenvalue weighted by Crippen LogP contribution is -2.24.